The third-order valence-electron chi connectivity index (χ3n) is 1.91. The van der Waals surface area contributed by atoms with E-state index in [0.717, 1.165) is 0 Å². The first-order chi connectivity index (χ1) is 7.65. The highest BCUT2D eigenvalue weighted by atomic mass is 32.2. The third-order valence-corrected chi connectivity index (χ3v) is 2.68. The van der Waals surface area contributed by atoms with Crippen LogP contribution < -0.4 is 0 Å². The number of nitriles is 1. The number of hydrogen-bond acceptors (Lipinski definition) is 4. The zero-order valence-corrected chi connectivity index (χ0v) is 9.11. The maximum Gasteiger partial charge on any atom is 0.304 e. The van der Waals surface area contributed by atoms with Gasteiger partial charge in [0.05, 0.1) is 11.7 Å². The van der Waals surface area contributed by atoms with E-state index in [9.17, 15) is 9.59 Å². The first-order valence-electron chi connectivity index (χ1n) is 4.51. The summed E-state index contributed by atoms with van der Waals surface area (Å²) in [5, 5.41) is 18.1. The molecule has 16 heavy (non-hydrogen) atoms. The molecule has 1 unspecified atom stereocenters. The van der Waals surface area contributed by atoms with Gasteiger partial charge in [0.2, 0.25) is 0 Å². The van der Waals surface area contributed by atoms with Crippen LogP contribution in [0.2, 0.25) is 0 Å². The number of ketones is 1. The SMILES string of the molecule is N#CSC(CC(=O)O)C(=O)c1ccccc1. The summed E-state index contributed by atoms with van der Waals surface area (Å²) in [5.41, 5.74) is 0.427. The standard InChI is InChI=1S/C11H9NO3S/c12-7-16-9(6-10(13)14)11(15)8-4-2-1-3-5-8/h1-5,9H,6H2,(H,13,14). The topological polar surface area (TPSA) is 78.2 Å². The normalized spacial score (nSPS) is 11.4. The van der Waals surface area contributed by atoms with E-state index in [0.29, 0.717) is 17.3 Å². The molecule has 1 rings (SSSR count). The second-order valence-electron chi connectivity index (χ2n) is 3.03. The molecule has 0 aliphatic heterocycles. The molecule has 0 heterocycles. The summed E-state index contributed by atoms with van der Waals surface area (Å²) in [6.45, 7) is 0. The molecular weight excluding hydrogens is 226 g/mol. The highest BCUT2D eigenvalue weighted by Crippen LogP contribution is 2.18. The Hall–Kier alpha value is -1.80. The lowest BCUT2D eigenvalue weighted by Gasteiger charge is -2.08. The van der Waals surface area contributed by atoms with Gasteiger partial charge in [-0.15, -0.1) is 0 Å². The van der Waals surface area contributed by atoms with Gasteiger partial charge < -0.3 is 5.11 Å². The minimum absolute atomic E-state index is 0.324. The summed E-state index contributed by atoms with van der Waals surface area (Å²) in [5.74, 6) is -1.41. The molecule has 1 N–H and O–H groups in total. The van der Waals surface area contributed by atoms with Crippen LogP contribution in [0.1, 0.15) is 16.8 Å². The first kappa shape index (κ1) is 12.3. The molecule has 0 aromatic heterocycles. The van der Waals surface area contributed by atoms with Crippen LogP contribution in [-0.2, 0) is 4.79 Å². The summed E-state index contributed by atoms with van der Waals surface area (Å²) < 4.78 is 0. The summed E-state index contributed by atoms with van der Waals surface area (Å²) in [7, 11) is 0. The van der Waals surface area contributed by atoms with E-state index in [1.54, 1.807) is 35.7 Å². The van der Waals surface area contributed by atoms with Crippen molar-refractivity contribution >= 4 is 23.5 Å². The van der Waals surface area contributed by atoms with E-state index < -0.39 is 11.2 Å². The van der Waals surface area contributed by atoms with Crippen LogP contribution in [0.3, 0.4) is 0 Å². The van der Waals surface area contributed by atoms with Crippen LogP contribution in [0.15, 0.2) is 30.3 Å². The number of benzene rings is 1. The smallest absolute Gasteiger partial charge is 0.304 e. The zero-order chi connectivity index (χ0) is 12.0. The lowest BCUT2D eigenvalue weighted by molar-refractivity contribution is -0.136. The van der Waals surface area contributed by atoms with Crippen molar-refractivity contribution in [2.24, 2.45) is 0 Å². The molecule has 0 spiro atoms. The molecule has 1 atom stereocenters. The summed E-state index contributed by atoms with van der Waals surface area (Å²) in [4.78, 5) is 22.4. The van der Waals surface area contributed by atoms with Crippen molar-refractivity contribution in [3.05, 3.63) is 35.9 Å². The fraction of sp³-hybridized carbons (Fsp3) is 0.182. The molecule has 0 aliphatic carbocycles. The van der Waals surface area contributed by atoms with Gasteiger partial charge in [-0.3, -0.25) is 9.59 Å². The molecule has 0 radical (unpaired) electrons. The predicted octanol–water partition coefficient (Wildman–Crippen LogP) is 1.93. The Labute approximate surface area is 96.9 Å². The van der Waals surface area contributed by atoms with E-state index in [4.69, 9.17) is 10.4 Å². The van der Waals surface area contributed by atoms with Crippen LogP contribution in [0.5, 0.6) is 0 Å². The van der Waals surface area contributed by atoms with Gasteiger partial charge in [-0.2, -0.15) is 5.26 Å². The lowest BCUT2D eigenvalue weighted by atomic mass is 10.1. The number of nitrogens with zero attached hydrogens (tertiary/aromatic N) is 1. The van der Waals surface area contributed by atoms with Gasteiger partial charge in [0.15, 0.2) is 5.78 Å². The van der Waals surface area contributed by atoms with Gasteiger partial charge in [0.1, 0.15) is 5.40 Å². The number of hydrogen-bond donors (Lipinski definition) is 1. The minimum Gasteiger partial charge on any atom is -0.481 e. The molecule has 82 valence electrons. The van der Waals surface area contributed by atoms with E-state index in [-0.39, 0.29) is 12.2 Å². The molecule has 0 saturated heterocycles. The highest BCUT2D eigenvalue weighted by molar-refractivity contribution is 8.05. The van der Waals surface area contributed by atoms with Crippen molar-refractivity contribution in [1.82, 2.24) is 0 Å². The number of rotatable bonds is 5. The number of aliphatic carboxylic acids is 1. The van der Waals surface area contributed by atoms with Gasteiger partial charge in [-0.25, -0.2) is 0 Å². The third kappa shape index (κ3) is 3.41. The van der Waals surface area contributed by atoms with Crippen LogP contribution in [-0.4, -0.2) is 22.1 Å². The largest absolute Gasteiger partial charge is 0.481 e. The monoisotopic (exact) mass is 235 g/mol. The Bertz CT molecular complexity index is 425. The van der Waals surface area contributed by atoms with E-state index in [1.807, 2.05) is 0 Å². The number of thiocyanates is 1. The number of Topliss-reactive ketones (excluding diaryl/α,β-unsaturated/α-hetero) is 1. The molecular formula is C11H9NO3S. The van der Waals surface area contributed by atoms with E-state index in [2.05, 4.69) is 0 Å². The molecule has 1 aromatic carbocycles. The van der Waals surface area contributed by atoms with Crippen molar-refractivity contribution < 1.29 is 14.7 Å². The summed E-state index contributed by atoms with van der Waals surface area (Å²) in [6.07, 6.45) is -0.341. The summed E-state index contributed by atoms with van der Waals surface area (Å²) in [6, 6.07) is 8.37. The summed E-state index contributed by atoms with van der Waals surface area (Å²) >= 11 is 0.683. The lowest BCUT2D eigenvalue weighted by Crippen LogP contribution is -2.20. The fourth-order valence-corrected chi connectivity index (χ4v) is 1.79. The first-order valence-corrected chi connectivity index (χ1v) is 5.39. The zero-order valence-electron chi connectivity index (χ0n) is 8.29. The molecule has 0 amide bonds. The van der Waals surface area contributed by atoms with Crippen molar-refractivity contribution in [1.29, 1.82) is 5.26 Å². The van der Waals surface area contributed by atoms with E-state index in [1.165, 1.54) is 0 Å². The molecule has 0 saturated carbocycles. The van der Waals surface area contributed by atoms with Crippen LogP contribution >= 0.6 is 11.8 Å². The number of carboxylic acid groups (broad SMARTS) is 1. The van der Waals surface area contributed by atoms with Gasteiger partial charge in [-0.05, 0) is 11.8 Å². The minimum atomic E-state index is -1.09. The second-order valence-corrected chi connectivity index (χ2v) is 4.01. The Balaban J connectivity index is 2.84. The molecule has 1 aromatic rings. The second kappa shape index (κ2) is 5.93. The number of carboxylic acids is 1. The number of thioether (sulfide) groups is 1. The van der Waals surface area contributed by atoms with Gasteiger partial charge in [0, 0.05) is 5.56 Å². The average molecular weight is 235 g/mol. The molecule has 0 aliphatic rings. The number of carbonyl (C=O) groups excluding carboxylic acids is 1. The Kier molecular flexibility index (Phi) is 4.55. The van der Waals surface area contributed by atoms with Crippen LogP contribution in [0, 0.1) is 10.7 Å². The Morgan fingerprint density at radius 3 is 2.50 bits per heavy atom. The quantitative estimate of drug-likeness (QED) is 0.623. The predicted molar refractivity (Wildman–Crippen MR) is 60.0 cm³/mol. The molecule has 4 nitrogen and oxygen atoms in total. The van der Waals surface area contributed by atoms with Crippen LogP contribution in [0.4, 0.5) is 0 Å². The van der Waals surface area contributed by atoms with Gasteiger partial charge >= 0.3 is 5.97 Å². The molecule has 0 bridgehead atoms. The van der Waals surface area contributed by atoms with Gasteiger partial charge in [0.25, 0.3) is 0 Å². The van der Waals surface area contributed by atoms with Crippen molar-refractivity contribution in [3.8, 4) is 5.40 Å². The average Bonchev–Trinajstić information content (AvgIpc) is 2.28. The van der Waals surface area contributed by atoms with Crippen LogP contribution in [0.25, 0.3) is 0 Å². The molecule has 0 fully saturated rings. The Morgan fingerprint density at radius 2 is 2.00 bits per heavy atom. The Morgan fingerprint density at radius 1 is 1.38 bits per heavy atom. The van der Waals surface area contributed by atoms with Crippen molar-refractivity contribution in [3.63, 3.8) is 0 Å². The highest BCUT2D eigenvalue weighted by Gasteiger charge is 2.23. The number of carbonyl (C=O) groups is 2. The fourth-order valence-electron chi connectivity index (χ4n) is 1.20. The molecule has 5 heteroatoms. The van der Waals surface area contributed by atoms with Crippen molar-refractivity contribution in [2.75, 3.05) is 0 Å². The van der Waals surface area contributed by atoms with Gasteiger partial charge in [-0.1, -0.05) is 30.3 Å². The maximum atomic E-state index is 11.8. The maximum absolute atomic E-state index is 11.8. The van der Waals surface area contributed by atoms with E-state index >= 15 is 0 Å². The van der Waals surface area contributed by atoms with Crippen molar-refractivity contribution in [2.45, 2.75) is 11.7 Å².